The number of benzene rings is 1. The van der Waals surface area contributed by atoms with E-state index in [1.54, 1.807) is 6.07 Å². The molecule has 1 unspecified atom stereocenters. The minimum Gasteiger partial charge on any atom is -0.494 e. The number of carbonyl (C=O) groups is 1. The second-order valence-electron chi connectivity index (χ2n) is 7.92. The third-order valence-corrected chi connectivity index (χ3v) is 5.65. The first-order valence-corrected chi connectivity index (χ1v) is 10.4. The molecule has 1 aromatic carbocycles. The summed E-state index contributed by atoms with van der Waals surface area (Å²) in [5.41, 5.74) is 1.63. The number of likely N-dealkylation sites (tertiary alicyclic amines) is 1. The molecule has 2 saturated heterocycles. The Labute approximate surface area is 171 Å². The SMILES string of the molecule is Cc1ccc(OCCC2CCN(C(=O)c3cc(CN4CCOCC4)on3)C2)cc1. The van der Waals surface area contributed by atoms with Crippen molar-refractivity contribution >= 4 is 5.91 Å². The van der Waals surface area contributed by atoms with Crippen LogP contribution in [0.2, 0.25) is 0 Å². The molecule has 0 N–H and O–H groups in total. The van der Waals surface area contributed by atoms with Crippen molar-refractivity contribution in [3.05, 3.63) is 47.3 Å². The average molecular weight is 399 g/mol. The number of aryl methyl sites for hydroxylation is 1. The Hall–Kier alpha value is -2.38. The Morgan fingerprint density at radius 2 is 2.00 bits per heavy atom. The van der Waals surface area contributed by atoms with Crippen LogP contribution in [0.4, 0.5) is 0 Å². The molecule has 3 heterocycles. The van der Waals surface area contributed by atoms with Crippen LogP contribution in [0.15, 0.2) is 34.9 Å². The van der Waals surface area contributed by atoms with E-state index in [0.717, 1.165) is 63.7 Å². The van der Waals surface area contributed by atoms with Gasteiger partial charge in [-0.3, -0.25) is 9.69 Å². The fourth-order valence-corrected chi connectivity index (χ4v) is 3.86. The summed E-state index contributed by atoms with van der Waals surface area (Å²) >= 11 is 0. The zero-order chi connectivity index (χ0) is 20.1. The summed E-state index contributed by atoms with van der Waals surface area (Å²) < 4.78 is 16.6. The van der Waals surface area contributed by atoms with Crippen molar-refractivity contribution in [3.8, 4) is 5.75 Å². The number of amides is 1. The maximum Gasteiger partial charge on any atom is 0.276 e. The van der Waals surface area contributed by atoms with Crippen molar-refractivity contribution in [1.82, 2.24) is 15.0 Å². The van der Waals surface area contributed by atoms with E-state index in [0.29, 0.717) is 24.8 Å². The van der Waals surface area contributed by atoms with Crippen LogP contribution < -0.4 is 4.74 Å². The first kappa shape index (κ1) is 19.9. The van der Waals surface area contributed by atoms with Crippen LogP contribution in [-0.4, -0.2) is 66.9 Å². The minimum absolute atomic E-state index is 0.0380. The topological polar surface area (TPSA) is 68.0 Å². The van der Waals surface area contributed by atoms with E-state index in [-0.39, 0.29) is 5.91 Å². The molecule has 7 nitrogen and oxygen atoms in total. The highest BCUT2D eigenvalue weighted by atomic mass is 16.5. The molecule has 4 rings (SSSR count). The van der Waals surface area contributed by atoms with Gasteiger partial charge < -0.3 is 18.9 Å². The van der Waals surface area contributed by atoms with Crippen molar-refractivity contribution in [2.75, 3.05) is 46.0 Å². The molecule has 2 aliphatic rings. The Bertz CT molecular complexity index is 799. The number of hydrogen-bond donors (Lipinski definition) is 0. The fraction of sp³-hybridized carbons (Fsp3) is 0.545. The number of nitrogens with zero attached hydrogens (tertiary/aromatic N) is 3. The molecular weight excluding hydrogens is 370 g/mol. The lowest BCUT2D eigenvalue weighted by Crippen LogP contribution is -2.35. The van der Waals surface area contributed by atoms with E-state index in [4.69, 9.17) is 14.0 Å². The number of morpholine rings is 1. The molecule has 2 fully saturated rings. The second kappa shape index (κ2) is 9.41. The summed E-state index contributed by atoms with van der Waals surface area (Å²) in [6.07, 6.45) is 1.94. The Morgan fingerprint density at radius 1 is 1.21 bits per heavy atom. The van der Waals surface area contributed by atoms with Gasteiger partial charge in [0.25, 0.3) is 5.91 Å². The maximum atomic E-state index is 12.8. The summed E-state index contributed by atoms with van der Waals surface area (Å²) in [4.78, 5) is 16.9. The number of ether oxygens (including phenoxy) is 2. The first-order valence-electron chi connectivity index (χ1n) is 10.4. The van der Waals surface area contributed by atoms with Gasteiger partial charge >= 0.3 is 0 Å². The van der Waals surface area contributed by atoms with E-state index in [2.05, 4.69) is 29.1 Å². The Kier molecular flexibility index (Phi) is 6.46. The van der Waals surface area contributed by atoms with Crippen molar-refractivity contribution in [2.24, 2.45) is 5.92 Å². The van der Waals surface area contributed by atoms with Crippen LogP contribution in [0.25, 0.3) is 0 Å². The van der Waals surface area contributed by atoms with Crippen LogP contribution >= 0.6 is 0 Å². The van der Waals surface area contributed by atoms with Crippen LogP contribution in [0, 0.1) is 12.8 Å². The van der Waals surface area contributed by atoms with Gasteiger partial charge in [-0.2, -0.15) is 0 Å². The Morgan fingerprint density at radius 3 is 2.79 bits per heavy atom. The van der Waals surface area contributed by atoms with Gasteiger partial charge in [0.1, 0.15) is 5.75 Å². The van der Waals surface area contributed by atoms with E-state index in [9.17, 15) is 4.79 Å². The van der Waals surface area contributed by atoms with Crippen LogP contribution in [-0.2, 0) is 11.3 Å². The van der Waals surface area contributed by atoms with Gasteiger partial charge in [0, 0.05) is 32.2 Å². The smallest absolute Gasteiger partial charge is 0.276 e. The van der Waals surface area contributed by atoms with Gasteiger partial charge in [-0.25, -0.2) is 0 Å². The molecule has 7 heteroatoms. The van der Waals surface area contributed by atoms with Crippen molar-refractivity contribution in [1.29, 1.82) is 0 Å². The van der Waals surface area contributed by atoms with Crippen molar-refractivity contribution in [2.45, 2.75) is 26.3 Å². The molecular formula is C22H29N3O4. The van der Waals surface area contributed by atoms with Crippen LogP contribution in [0.3, 0.4) is 0 Å². The highest BCUT2D eigenvalue weighted by molar-refractivity contribution is 5.92. The molecule has 0 radical (unpaired) electrons. The molecule has 1 amide bonds. The quantitative estimate of drug-likeness (QED) is 0.713. The van der Waals surface area contributed by atoms with Gasteiger partial charge in [0.15, 0.2) is 11.5 Å². The van der Waals surface area contributed by atoms with E-state index < -0.39 is 0 Å². The minimum atomic E-state index is -0.0380. The second-order valence-corrected chi connectivity index (χ2v) is 7.92. The molecule has 1 atom stereocenters. The maximum absolute atomic E-state index is 12.8. The third kappa shape index (κ3) is 5.36. The van der Waals surface area contributed by atoms with Crippen LogP contribution in [0.5, 0.6) is 5.75 Å². The van der Waals surface area contributed by atoms with E-state index in [1.165, 1.54) is 5.56 Å². The fourth-order valence-electron chi connectivity index (χ4n) is 3.86. The zero-order valence-electron chi connectivity index (χ0n) is 17.0. The monoisotopic (exact) mass is 399 g/mol. The van der Waals surface area contributed by atoms with Gasteiger partial charge in [-0.15, -0.1) is 0 Å². The highest BCUT2D eigenvalue weighted by Crippen LogP contribution is 2.22. The molecule has 2 aromatic rings. The average Bonchev–Trinajstić information content (AvgIpc) is 3.40. The predicted molar refractivity (Wildman–Crippen MR) is 108 cm³/mol. The lowest BCUT2D eigenvalue weighted by atomic mass is 10.1. The molecule has 2 aliphatic heterocycles. The van der Waals surface area contributed by atoms with Gasteiger partial charge in [0.05, 0.1) is 26.4 Å². The summed E-state index contributed by atoms with van der Waals surface area (Å²) in [6, 6.07) is 9.89. The van der Waals surface area contributed by atoms with Gasteiger partial charge in [0.2, 0.25) is 0 Å². The predicted octanol–water partition coefficient (Wildman–Crippen LogP) is 2.75. The Balaban J connectivity index is 1.22. The van der Waals surface area contributed by atoms with E-state index >= 15 is 0 Å². The molecule has 0 bridgehead atoms. The number of hydrogen-bond acceptors (Lipinski definition) is 6. The molecule has 156 valence electrons. The standard InChI is InChI=1S/C22H29N3O4/c1-17-2-4-19(5-3-17)28-11-7-18-6-8-25(15-18)22(26)21-14-20(29-23-21)16-24-9-12-27-13-10-24/h2-5,14,18H,6-13,15-16H2,1H3. The normalized spacial score (nSPS) is 20.2. The number of carbonyl (C=O) groups excluding carboxylic acids is 1. The molecule has 0 aliphatic carbocycles. The zero-order valence-corrected chi connectivity index (χ0v) is 17.0. The number of aromatic nitrogens is 1. The lowest BCUT2D eigenvalue weighted by molar-refractivity contribution is 0.0305. The van der Waals surface area contributed by atoms with Gasteiger partial charge in [-0.05, 0) is 37.8 Å². The summed E-state index contributed by atoms with van der Waals surface area (Å²) in [7, 11) is 0. The first-order chi connectivity index (χ1) is 14.2. The highest BCUT2D eigenvalue weighted by Gasteiger charge is 2.29. The largest absolute Gasteiger partial charge is 0.494 e. The molecule has 1 aromatic heterocycles. The third-order valence-electron chi connectivity index (χ3n) is 5.65. The summed E-state index contributed by atoms with van der Waals surface area (Å²) in [6.45, 7) is 8.15. The number of rotatable bonds is 7. The van der Waals surface area contributed by atoms with E-state index in [1.807, 2.05) is 17.0 Å². The van der Waals surface area contributed by atoms with Gasteiger partial charge in [-0.1, -0.05) is 22.9 Å². The molecule has 0 saturated carbocycles. The van der Waals surface area contributed by atoms with Crippen molar-refractivity contribution < 1.29 is 18.8 Å². The summed E-state index contributed by atoms with van der Waals surface area (Å²) in [5.74, 6) is 2.06. The lowest BCUT2D eigenvalue weighted by Gasteiger charge is -2.25. The van der Waals surface area contributed by atoms with Crippen molar-refractivity contribution in [3.63, 3.8) is 0 Å². The van der Waals surface area contributed by atoms with Crippen LogP contribution in [0.1, 0.15) is 34.7 Å². The molecule has 29 heavy (non-hydrogen) atoms. The molecule has 0 spiro atoms. The summed E-state index contributed by atoms with van der Waals surface area (Å²) in [5, 5.41) is 4.01.